The van der Waals surface area contributed by atoms with Crippen LogP contribution in [0.1, 0.15) is 0 Å². The topological polar surface area (TPSA) is 73.3 Å². The Labute approximate surface area is 116 Å². The lowest BCUT2D eigenvalue weighted by atomic mass is 10.3. The fraction of sp³-hybridized carbons (Fsp3) is 0.133. The minimum Gasteiger partial charge on any atom is -0.492 e. The van der Waals surface area contributed by atoms with Crippen LogP contribution in [0.15, 0.2) is 53.3 Å². The van der Waals surface area contributed by atoms with E-state index in [4.69, 9.17) is 14.9 Å². The monoisotopic (exact) mass is 269 g/mol. The zero-order valence-corrected chi connectivity index (χ0v) is 10.9. The Bertz CT molecular complexity index is 709. The molecule has 2 aromatic heterocycles. The Morgan fingerprint density at radius 1 is 1.25 bits per heavy atom. The average Bonchev–Trinajstić information content (AvgIpc) is 2.93. The summed E-state index contributed by atoms with van der Waals surface area (Å²) in [6.07, 6.45) is 3.37. The van der Waals surface area contributed by atoms with Gasteiger partial charge in [-0.3, -0.25) is 0 Å². The largest absolute Gasteiger partial charge is 0.492 e. The van der Waals surface area contributed by atoms with Crippen LogP contribution in [-0.4, -0.2) is 18.1 Å². The van der Waals surface area contributed by atoms with E-state index in [-0.39, 0.29) is 0 Å². The lowest BCUT2D eigenvalue weighted by molar-refractivity contribution is 0.333. The second-order valence-corrected chi connectivity index (χ2v) is 4.34. The molecular formula is C15H15N3O2. The van der Waals surface area contributed by atoms with Crippen molar-refractivity contribution in [2.45, 2.75) is 0 Å². The van der Waals surface area contributed by atoms with Gasteiger partial charge in [-0.1, -0.05) is 6.07 Å². The van der Waals surface area contributed by atoms with Gasteiger partial charge in [0.05, 0.1) is 18.2 Å². The van der Waals surface area contributed by atoms with Crippen molar-refractivity contribution in [1.82, 2.24) is 4.98 Å². The van der Waals surface area contributed by atoms with Crippen LogP contribution < -0.4 is 15.8 Å². The summed E-state index contributed by atoms with van der Waals surface area (Å²) < 4.78 is 10.9. The van der Waals surface area contributed by atoms with E-state index in [0.717, 1.165) is 22.5 Å². The van der Waals surface area contributed by atoms with Gasteiger partial charge in [0.15, 0.2) is 0 Å². The molecule has 0 saturated heterocycles. The van der Waals surface area contributed by atoms with Crippen LogP contribution in [0.25, 0.3) is 11.0 Å². The molecule has 5 heteroatoms. The maximum absolute atomic E-state index is 5.69. The molecule has 0 spiro atoms. The summed E-state index contributed by atoms with van der Waals surface area (Å²) in [5.41, 5.74) is 7.20. The van der Waals surface area contributed by atoms with Gasteiger partial charge < -0.3 is 20.2 Å². The van der Waals surface area contributed by atoms with Crippen LogP contribution in [-0.2, 0) is 0 Å². The predicted octanol–water partition coefficient (Wildman–Crippen LogP) is 2.90. The van der Waals surface area contributed by atoms with Gasteiger partial charge in [-0.15, -0.1) is 0 Å². The van der Waals surface area contributed by atoms with E-state index in [0.29, 0.717) is 18.8 Å². The van der Waals surface area contributed by atoms with Crippen molar-refractivity contribution in [1.29, 1.82) is 0 Å². The Balaban J connectivity index is 1.56. The molecule has 0 radical (unpaired) electrons. The average molecular weight is 269 g/mol. The smallest absolute Gasteiger partial charge is 0.139 e. The molecule has 0 saturated carbocycles. The van der Waals surface area contributed by atoms with Crippen LogP contribution >= 0.6 is 0 Å². The third kappa shape index (κ3) is 2.66. The number of hydrogen-bond donors (Lipinski definition) is 2. The summed E-state index contributed by atoms with van der Waals surface area (Å²) >= 11 is 0. The molecule has 0 aliphatic heterocycles. The molecule has 0 atom stereocenters. The Morgan fingerprint density at radius 2 is 2.20 bits per heavy atom. The van der Waals surface area contributed by atoms with Crippen molar-refractivity contribution >= 4 is 22.5 Å². The number of hydrogen-bond acceptors (Lipinski definition) is 5. The summed E-state index contributed by atoms with van der Waals surface area (Å²) in [5, 5.41) is 4.20. The van der Waals surface area contributed by atoms with E-state index >= 15 is 0 Å². The van der Waals surface area contributed by atoms with Crippen molar-refractivity contribution in [3.05, 3.63) is 48.9 Å². The van der Waals surface area contributed by atoms with Crippen LogP contribution in [0.4, 0.5) is 11.5 Å². The molecule has 5 nitrogen and oxygen atoms in total. The Hall–Kier alpha value is -2.69. The molecule has 0 amide bonds. The molecule has 20 heavy (non-hydrogen) atoms. The van der Waals surface area contributed by atoms with Gasteiger partial charge >= 0.3 is 0 Å². The Kier molecular flexibility index (Phi) is 3.41. The minimum atomic E-state index is 0.527. The first-order valence-corrected chi connectivity index (χ1v) is 6.37. The number of nitrogens with zero attached hydrogens (tertiary/aromatic N) is 1. The number of anilines is 2. The molecule has 3 rings (SSSR count). The highest BCUT2D eigenvalue weighted by molar-refractivity contribution is 5.87. The SMILES string of the molecule is Nc1cccc(OCCNc2nccc3occc23)c1. The molecule has 3 N–H and O–H groups in total. The maximum Gasteiger partial charge on any atom is 0.139 e. The normalized spacial score (nSPS) is 10.6. The molecule has 0 unspecified atom stereocenters. The summed E-state index contributed by atoms with van der Waals surface area (Å²) in [5.74, 6) is 1.56. The number of pyridine rings is 1. The molecule has 0 fully saturated rings. The number of nitrogen functional groups attached to an aromatic ring is 1. The zero-order chi connectivity index (χ0) is 13.8. The first kappa shape index (κ1) is 12.3. The maximum atomic E-state index is 5.69. The van der Waals surface area contributed by atoms with E-state index < -0.39 is 0 Å². The highest BCUT2D eigenvalue weighted by Gasteiger charge is 2.03. The number of nitrogens with two attached hydrogens (primary N) is 1. The van der Waals surface area contributed by atoms with Gasteiger partial charge in [0.1, 0.15) is 23.8 Å². The fourth-order valence-electron chi connectivity index (χ4n) is 1.98. The molecule has 1 aromatic carbocycles. The van der Waals surface area contributed by atoms with E-state index in [9.17, 15) is 0 Å². The number of nitrogens with one attached hydrogen (secondary N) is 1. The van der Waals surface area contributed by atoms with Crippen molar-refractivity contribution < 1.29 is 9.15 Å². The first-order valence-electron chi connectivity index (χ1n) is 6.37. The predicted molar refractivity (Wildman–Crippen MR) is 78.8 cm³/mol. The van der Waals surface area contributed by atoms with Crippen LogP contribution in [0.5, 0.6) is 5.75 Å². The summed E-state index contributed by atoms with van der Waals surface area (Å²) in [4.78, 5) is 4.29. The zero-order valence-electron chi connectivity index (χ0n) is 10.9. The van der Waals surface area contributed by atoms with Crippen molar-refractivity contribution in [3.63, 3.8) is 0 Å². The molecule has 0 aliphatic carbocycles. The third-order valence-corrected chi connectivity index (χ3v) is 2.90. The summed E-state index contributed by atoms with van der Waals surface area (Å²) in [6, 6.07) is 11.1. The molecule has 3 aromatic rings. The van der Waals surface area contributed by atoms with Crippen molar-refractivity contribution in [2.24, 2.45) is 0 Å². The number of furan rings is 1. The molecular weight excluding hydrogens is 254 g/mol. The molecule has 2 heterocycles. The van der Waals surface area contributed by atoms with E-state index in [1.54, 1.807) is 18.5 Å². The van der Waals surface area contributed by atoms with Gasteiger partial charge in [0, 0.05) is 18.0 Å². The second-order valence-electron chi connectivity index (χ2n) is 4.34. The summed E-state index contributed by atoms with van der Waals surface area (Å²) in [7, 11) is 0. The first-order chi connectivity index (χ1) is 9.83. The van der Waals surface area contributed by atoms with E-state index in [1.807, 2.05) is 30.3 Å². The van der Waals surface area contributed by atoms with Gasteiger partial charge in [0.25, 0.3) is 0 Å². The fourth-order valence-corrected chi connectivity index (χ4v) is 1.98. The molecule has 102 valence electrons. The molecule has 0 aliphatic rings. The second kappa shape index (κ2) is 5.52. The van der Waals surface area contributed by atoms with Gasteiger partial charge in [-0.25, -0.2) is 4.98 Å². The van der Waals surface area contributed by atoms with Gasteiger partial charge in [-0.05, 0) is 24.3 Å². The Morgan fingerprint density at radius 3 is 3.10 bits per heavy atom. The third-order valence-electron chi connectivity index (χ3n) is 2.90. The number of fused-ring (bicyclic) bond motifs is 1. The number of benzene rings is 1. The van der Waals surface area contributed by atoms with Gasteiger partial charge in [-0.2, -0.15) is 0 Å². The van der Waals surface area contributed by atoms with Crippen LogP contribution in [0.3, 0.4) is 0 Å². The molecule has 0 bridgehead atoms. The van der Waals surface area contributed by atoms with E-state index in [2.05, 4.69) is 10.3 Å². The van der Waals surface area contributed by atoms with Crippen molar-refractivity contribution in [2.75, 3.05) is 24.2 Å². The number of ether oxygens (including phenoxy) is 1. The van der Waals surface area contributed by atoms with E-state index in [1.165, 1.54) is 0 Å². The quantitative estimate of drug-likeness (QED) is 0.550. The van der Waals surface area contributed by atoms with Crippen molar-refractivity contribution in [3.8, 4) is 5.75 Å². The van der Waals surface area contributed by atoms with Crippen LogP contribution in [0, 0.1) is 0 Å². The lowest BCUT2D eigenvalue weighted by Gasteiger charge is -2.08. The number of rotatable bonds is 5. The lowest BCUT2D eigenvalue weighted by Crippen LogP contribution is -2.12. The minimum absolute atomic E-state index is 0.527. The number of aromatic nitrogens is 1. The summed E-state index contributed by atoms with van der Waals surface area (Å²) in [6.45, 7) is 1.17. The van der Waals surface area contributed by atoms with Gasteiger partial charge in [0.2, 0.25) is 0 Å². The highest BCUT2D eigenvalue weighted by Crippen LogP contribution is 2.21. The van der Waals surface area contributed by atoms with Crippen LogP contribution in [0.2, 0.25) is 0 Å². The standard InChI is InChI=1S/C15H15N3O2/c16-11-2-1-3-12(10-11)19-9-7-18-15-13-5-8-20-14(13)4-6-17-15/h1-6,8,10H,7,9,16H2,(H,17,18). The highest BCUT2D eigenvalue weighted by atomic mass is 16.5.